The molecule has 0 aromatic carbocycles. The Bertz CT molecular complexity index is 498. The summed E-state index contributed by atoms with van der Waals surface area (Å²) in [5, 5.41) is 0. The summed E-state index contributed by atoms with van der Waals surface area (Å²) in [5.74, 6) is 0.257. The molecule has 44 heavy (non-hydrogen) atoms. The number of esters is 1. The number of hydrogen-bond acceptors (Lipinski definition) is 2. The van der Waals surface area contributed by atoms with Gasteiger partial charge in [-0.05, 0) is 19.3 Å². The Labute approximate surface area is 279 Å². The van der Waals surface area contributed by atoms with Crippen LogP contribution in [0.4, 0.5) is 0 Å². The van der Waals surface area contributed by atoms with E-state index in [0.717, 1.165) is 19.3 Å². The monoisotopic (exact) mass is 621 g/mol. The van der Waals surface area contributed by atoms with Crippen molar-refractivity contribution < 1.29 is 9.53 Å². The average Bonchev–Trinajstić information content (AvgIpc) is 3.03. The molecule has 0 aromatic rings. The molecule has 0 rings (SSSR count). The highest BCUT2D eigenvalue weighted by molar-refractivity contribution is 5.72. The molecule has 0 aliphatic heterocycles. The fraction of sp³-hybridized carbons (Fsp3) is 0.976. The van der Waals surface area contributed by atoms with E-state index in [2.05, 4.69) is 20.8 Å². The molecule has 0 N–H and O–H groups in total. The van der Waals surface area contributed by atoms with E-state index in [1.807, 2.05) is 0 Å². The first-order valence-electron chi connectivity index (χ1n) is 20.9. The lowest BCUT2D eigenvalue weighted by molar-refractivity contribution is -0.149. The van der Waals surface area contributed by atoms with Crippen molar-refractivity contribution in [3.63, 3.8) is 0 Å². The second-order valence-corrected chi connectivity index (χ2v) is 14.4. The predicted molar refractivity (Wildman–Crippen MR) is 198 cm³/mol. The number of carbonyl (C=O) groups is 1. The quantitative estimate of drug-likeness (QED) is 0.0507. The van der Waals surface area contributed by atoms with Crippen molar-refractivity contribution in [1.82, 2.24) is 0 Å². The Balaban J connectivity index is 3.98. The van der Waals surface area contributed by atoms with Gasteiger partial charge in [0.05, 0.1) is 12.5 Å². The molecule has 0 heterocycles. The minimum Gasteiger partial charge on any atom is -0.465 e. The molecule has 0 amide bonds. The lowest BCUT2D eigenvalue weighted by atomic mass is 9.94. The summed E-state index contributed by atoms with van der Waals surface area (Å²) < 4.78 is 5.81. The molecule has 0 bridgehead atoms. The van der Waals surface area contributed by atoms with Crippen LogP contribution in [0.5, 0.6) is 0 Å². The topological polar surface area (TPSA) is 26.3 Å². The Kier molecular flexibility index (Phi) is 38.2. The van der Waals surface area contributed by atoms with E-state index in [0.29, 0.717) is 6.61 Å². The van der Waals surface area contributed by atoms with Gasteiger partial charge in [-0.15, -0.1) is 0 Å². The molecule has 0 spiro atoms. The van der Waals surface area contributed by atoms with Crippen LogP contribution in [0.25, 0.3) is 0 Å². The van der Waals surface area contributed by atoms with E-state index in [1.165, 1.54) is 212 Å². The van der Waals surface area contributed by atoms with Crippen molar-refractivity contribution in [2.45, 2.75) is 252 Å². The van der Waals surface area contributed by atoms with E-state index < -0.39 is 0 Å². The molecule has 0 radical (unpaired) electrons. The Morgan fingerprint density at radius 2 is 0.568 bits per heavy atom. The van der Waals surface area contributed by atoms with Gasteiger partial charge in [-0.1, -0.05) is 233 Å². The Morgan fingerprint density at radius 3 is 0.841 bits per heavy atom. The van der Waals surface area contributed by atoms with Crippen molar-refractivity contribution in [2.75, 3.05) is 6.61 Å². The maximum Gasteiger partial charge on any atom is 0.308 e. The fourth-order valence-corrected chi connectivity index (χ4v) is 6.72. The second kappa shape index (κ2) is 38.7. The van der Waals surface area contributed by atoms with E-state index in [1.54, 1.807) is 0 Å². The van der Waals surface area contributed by atoms with Crippen molar-refractivity contribution in [3.05, 3.63) is 0 Å². The Hall–Kier alpha value is -0.530. The third-order valence-electron chi connectivity index (χ3n) is 9.89. The molecule has 2 nitrogen and oxygen atoms in total. The first kappa shape index (κ1) is 43.5. The lowest BCUT2D eigenvalue weighted by Gasteiger charge is -2.16. The van der Waals surface area contributed by atoms with Gasteiger partial charge in [0, 0.05) is 0 Å². The third kappa shape index (κ3) is 34.3. The second-order valence-electron chi connectivity index (χ2n) is 14.4. The van der Waals surface area contributed by atoms with Crippen LogP contribution in [-0.4, -0.2) is 12.6 Å². The summed E-state index contributed by atoms with van der Waals surface area (Å²) in [6.45, 7) is 7.49. The summed E-state index contributed by atoms with van der Waals surface area (Å²) in [7, 11) is 0. The molecule has 0 aliphatic carbocycles. The SMILES string of the molecule is CCCCCCCCCCCCCCCCC(CCCCCCCCCCCCCCCC)C(=O)OCCCCCCCC. The minimum absolute atomic E-state index is 0.114. The van der Waals surface area contributed by atoms with E-state index in [4.69, 9.17) is 4.74 Å². The molecule has 0 unspecified atom stereocenters. The molecular formula is C42H84O2. The van der Waals surface area contributed by atoms with Gasteiger partial charge in [0.25, 0.3) is 0 Å². The van der Waals surface area contributed by atoms with Gasteiger partial charge in [0.2, 0.25) is 0 Å². The van der Waals surface area contributed by atoms with Gasteiger partial charge >= 0.3 is 5.97 Å². The molecule has 0 aliphatic rings. The van der Waals surface area contributed by atoms with Gasteiger partial charge in [-0.25, -0.2) is 0 Å². The lowest BCUT2D eigenvalue weighted by Crippen LogP contribution is -2.18. The normalized spacial score (nSPS) is 11.5. The smallest absolute Gasteiger partial charge is 0.308 e. The minimum atomic E-state index is 0.114. The van der Waals surface area contributed by atoms with Crippen molar-refractivity contribution in [3.8, 4) is 0 Å². The molecular weight excluding hydrogens is 536 g/mol. The number of ether oxygens (including phenoxy) is 1. The standard InChI is InChI=1S/C42H84O2/c1-4-7-10-13-16-18-20-22-24-26-28-30-32-35-38-41(42(43)44-40-37-34-15-12-9-6-3)39-36-33-31-29-27-25-23-21-19-17-14-11-8-5-2/h41H,4-40H2,1-3H3. The number of carbonyl (C=O) groups excluding carboxylic acids is 1. The zero-order valence-electron chi connectivity index (χ0n) is 31.1. The highest BCUT2D eigenvalue weighted by atomic mass is 16.5. The molecule has 264 valence electrons. The van der Waals surface area contributed by atoms with Gasteiger partial charge in [-0.2, -0.15) is 0 Å². The summed E-state index contributed by atoms with van der Waals surface area (Å²) in [5.41, 5.74) is 0. The summed E-state index contributed by atoms with van der Waals surface area (Å²) in [6.07, 6.45) is 48.5. The zero-order valence-corrected chi connectivity index (χ0v) is 31.1. The molecule has 0 saturated carbocycles. The first-order chi connectivity index (χ1) is 21.8. The number of unbranched alkanes of at least 4 members (excludes halogenated alkanes) is 31. The summed E-state index contributed by atoms with van der Waals surface area (Å²) in [4.78, 5) is 13.0. The highest BCUT2D eigenvalue weighted by Gasteiger charge is 2.19. The van der Waals surface area contributed by atoms with E-state index in [-0.39, 0.29) is 11.9 Å². The molecule has 2 heteroatoms. The van der Waals surface area contributed by atoms with Gasteiger partial charge in [0.15, 0.2) is 0 Å². The van der Waals surface area contributed by atoms with Crippen LogP contribution in [-0.2, 0) is 9.53 Å². The average molecular weight is 621 g/mol. The van der Waals surface area contributed by atoms with Crippen LogP contribution in [0.15, 0.2) is 0 Å². The number of hydrogen-bond donors (Lipinski definition) is 0. The van der Waals surface area contributed by atoms with Crippen molar-refractivity contribution >= 4 is 5.97 Å². The fourth-order valence-electron chi connectivity index (χ4n) is 6.72. The molecule has 0 saturated heterocycles. The van der Waals surface area contributed by atoms with Crippen LogP contribution >= 0.6 is 0 Å². The van der Waals surface area contributed by atoms with Crippen LogP contribution in [0, 0.1) is 5.92 Å². The van der Waals surface area contributed by atoms with Crippen LogP contribution in [0.2, 0.25) is 0 Å². The summed E-state index contributed by atoms with van der Waals surface area (Å²) >= 11 is 0. The molecule has 0 aromatic heterocycles. The van der Waals surface area contributed by atoms with Gasteiger partial charge in [-0.3, -0.25) is 4.79 Å². The van der Waals surface area contributed by atoms with Crippen LogP contribution in [0.3, 0.4) is 0 Å². The van der Waals surface area contributed by atoms with E-state index in [9.17, 15) is 4.79 Å². The number of rotatable bonds is 38. The van der Waals surface area contributed by atoms with Crippen LogP contribution < -0.4 is 0 Å². The highest BCUT2D eigenvalue weighted by Crippen LogP contribution is 2.22. The van der Waals surface area contributed by atoms with E-state index >= 15 is 0 Å². The molecule has 0 fully saturated rings. The largest absolute Gasteiger partial charge is 0.465 e. The first-order valence-corrected chi connectivity index (χ1v) is 20.9. The zero-order chi connectivity index (χ0) is 32.0. The molecule has 0 atom stereocenters. The van der Waals surface area contributed by atoms with Gasteiger partial charge < -0.3 is 4.74 Å². The van der Waals surface area contributed by atoms with Gasteiger partial charge in [0.1, 0.15) is 0 Å². The predicted octanol–water partition coefficient (Wildman–Crippen LogP) is 15.2. The third-order valence-corrected chi connectivity index (χ3v) is 9.89. The summed E-state index contributed by atoms with van der Waals surface area (Å²) in [6, 6.07) is 0. The van der Waals surface area contributed by atoms with Crippen molar-refractivity contribution in [1.29, 1.82) is 0 Å². The maximum absolute atomic E-state index is 13.0. The maximum atomic E-state index is 13.0. The van der Waals surface area contributed by atoms with Crippen molar-refractivity contribution in [2.24, 2.45) is 5.92 Å². The van der Waals surface area contributed by atoms with Crippen LogP contribution in [0.1, 0.15) is 252 Å². The Morgan fingerprint density at radius 1 is 0.341 bits per heavy atom.